The summed E-state index contributed by atoms with van der Waals surface area (Å²) in [6.07, 6.45) is 3.76. The van der Waals surface area contributed by atoms with E-state index in [1.165, 1.54) is 0 Å². The highest BCUT2D eigenvalue weighted by Crippen LogP contribution is 2.29. The summed E-state index contributed by atoms with van der Waals surface area (Å²) in [5.74, 6) is 6.01. The molecule has 3 nitrogen and oxygen atoms in total. The maximum absolute atomic E-state index is 9.97. The van der Waals surface area contributed by atoms with Crippen LogP contribution in [0.2, 0.25) is 0 Å². The minimum atomic E-state index is 0.329. The van der Waals surface area contributed by atoms with Gasteiger partial charge in [-0.15, -0.1) is 0 Å². The molecule has 0 spiro atoms. The number of phenolic OH excluding ortho intramolecular Hbond substituents is 1. The fourth-order valence-corrected chi connectivity index (χ4v) is 1.90. The Morgan fingerprint density at radius 2 is 2.18 bits per heavy atom. The van der Waals surface area contributed by atoms with Gasteiger partial charge < -0.3 is 10.5 Å². The van der Waals surface area contributed by atoms with Crippen LogP contribution in [0.25, 0.3) is 5.57 Å². The first kappa shape index (κ1) is 13.6. The highest BCUT2D eigenvalue weighted by molar-refractivity contribution is 5.67. The molecule has 0 saturated heterocycles. The maximum atomic E-state index is 9.97. The van der Waals surface area contributed by atoms with Crippen molar-refractivity contribution in [3.05, 3.63) is 35.5 Å². The van der Waals surface area contributed by atoms with E-state index in [0.717, 1.165) is 29.5 Å². The van der Waals surface area contributed by atoms with Crippen molar-refractivity contribution in [1.82, 2.24) is 5.43 Å². The van der Waals surface area contributed by atoms with Crippen molar-refractivity contribution in [2.75, 3.05) is 0 Å². The van der Waals surface area contributed by atoms with Gasteiger partial charge in [-0.05, 0) is 35.1 Å². The van der Waals surface area contributed by atoms with Crippen molar-refractivity contribution in [1.29, 1.82) is 0 Å². The Morgan fingerprint density at radius 1 is 1.47 bits per heavy atom. The number of nitrogens with two attached hydrogens (primary N) is 1. The summed E-state index contributed by atoms with van der Waals surface area (Å²) in [6.45, 7) is 6.25. The largest absolute Gasteiger partial charge is 0.508 e. The van der Waals surface area contributed by atoms with Crippen LogP contribution in [0.3, 0.4) is 0 Å². The number of hydrogen-bond donors (Lipinski definition) is 3. The van der Waals surface area contributed by atoms with E-state index in [4.69, 9.17) is 5.84 Å². The Labute approximate surface area is 103 Å². The van der Waals surface area contributed by atoms with E-state index in [-0.39, 0.29) is 0 Å². The first-order valence-corrected chi connectivity index (χ1v) is 6.08. The number of benzene rings is 1. The average molecular weight is 234 g/mol. The number of rotatable bonds is 5. The molecular weight excluding hydrogens is 212 g/mol. The number of nitrogens with one attached hydrogen (secondary N) is 1. The highest BCUT2D eigenvalue weighted by atomic mass is 16.3. The molecule has 0 amide bonds. The lowest BCUT2D eigenvalue weighted by atomic mass is 9.96. The number of phenols is 1. The molecule has 0 heterocycles. The van der Waals surface area contributed by atoms with Crippen LogP contribution >= 0.6 is 0 Å². The maximum Gasteiger partial charge on any atom is 0.119 e. The standard InChI is InChI=1S/C14H22N2O/c1-4-5-12(9-16-15)11-6-7-13(10(2)3)14(17)8-11/h6-10,16-17H,4-5,15H2,1-3H3/b12-9+. The summed E-state index contributed by atoms with van der Waals surface area (Å²) < 4.78 is 0. The molecule has 94 valence electrons. The molecule has 0 saturated carbocycles. The predicted molar refractivity (Wildman–Crippen MR) is 72.4 cm³/mol. The molecule has 0 aliphatic rings. The minimum absolute atomic E-state index is 0.329. The zero-order chi connectivity index (χ0) is 12.8. The first-order valence-electron chi connectivity index (χ1n) is 6.08. The quantitative estimate of drug-likeness (QED) is 0.542. The SMILES string of the molecule is CCC/C(=C\NN)c1ccc(C(C)C)c(O)c1. The van der Waals surface area contributed by atoms with Crippen LogP contribution in [0, 0.1) is 0 Å². The predicted octanol–water partition coefficient (Wildman–Crippen LogP) is 3.12. The third kappa shape index (κ3) is 3.49. The Morgan fingerprint density at radius 3 is 2.65 bits per heavy atom. The fourth-order valence-electron chi connectivity index (χ4n) is 1.90. The number of allylic oxidation sites excluding steroid dienone is 1. The Balaban J connectivity index is 3.06. The van der Waals surface area contributed by atoms with Crippen molar-refractivity contribution >= 4 is 5.57 Å². The second-order valence-electron chi connectivity index (χ2n) is 4.51. The van der Waals surface area contributed by atoms with Gasteiger partial charge in [0, 0.05) is 6.20 Å². The van der Waals surface area contributed by atoms with Gasteiger partial charge in [-0.2, -0.15) is 0 Å². The van der Waals surface area contributed by atoms with Gasteiger partial charge in [-0.1, -0.05) is 39.3 Å². The number of hydrazine groups is 1. The molecule has 1 rings (SSSR count). The van der Waals surface area contributed by atoms with Crippen LogP contribution in [0.4, 0.5) is 0 Å². The molecule has 0 radical (unpaired) electrons. The van der Waals surface area contributed by atoms with Crippen molar-refractivity contribution in [2.45, 2.75) is 39.5 Å². The molecule has 0 aliphatic heterocycles. The van der Waals surface area contributed by atoms with Gasteiger partial charge in [0.1, 0.15) is 5.75 Å². The summed E-state index contributed by atoms with van der Waals surface area (Å²) >= 11 is 0. The number of hydrogen-bond acceptors (Lipinski definition) is 3. The fraction of sp³-hybridized carbons (Fsp3) is 0.429. The van der Waals surface area contributed by atoms with E-state index in [2.05, 4.69) is 26.2 Å². The summed E-state index contributed by atoms with van der Waals surface area (Å²) in [5.41, 5.74) is 5.67. The summed E-state index contributed by atoms with van der Waals surface area (Å²) in [6, 6.07) is 5.83. The van der Waals surface area contributed by atoms with Gasteiger partial charge in [-0.25, -0.2) is 0 Å². The van der Waals surface area contributed by atoms with Crippen LogP contribution in [-0.4, -0.2) is 5.11 Å². The van der Waals surface area contributed by atoms with Crippen LogP contribution in [0.5, 0.6) is 5.75 Å². The Hall–Kier alpha value is -1.48. The molecule has 1 aromatic rings. The van der Waals surface area contributed by atoms with Gasteiger partial charge in [0.05, 0.1) is 0 Å². The second kappa shape index (κ2) is 6.30. The molecule has 0 aromatic heterocycles. The molecule has 0 aliphatic carbocycles. The van der Waals surface area contributed by atoms with E-state index in [9.17, 15) is 5.11 Å². The third-order valence-electron chi connectivity index (χ3n) is 2.80. The zero-order valence-corrected chi connectivity index (χ0v) is 10.8. The van der Waals surface area contributed by atoms with E-state index in [0.29, 0.717) is 11.7 Å². The molecule has 0 bridgehead atoms. The van der Waals surface area contributed by atoms with Gasteiger partial charge in [0.15, 0.2) is 0 Å². The van der Waals surface area contributed by atoms with Crippen molar-refractivity contribution in [3.8, 4) is 5.75 Å². The third-order valence-corrected chi connectivity index (χ3v) is 2.80. The first-order chi connectivity index (χ1) is 8.10. The van der Waals surface area contributed by atoms with E-state index >= 15 is 0 Å². The topological polar surface area (TPSA) is 58.3 Å². The molecule has 1 aromatic carbocycles. The van der Waals surface area contributed by atoms with E-state index < -0.39 is 0 Å². The normalized spacial score (nSPS) is 11.9. The molecule has 4 N–H and O–H groups in total. The smallest absolute Gasteiger partial charge is 0.119 e. The molecule has 3 heteroatoms. The summed E-state index contributed by atoms with van der Waals surface area (Å²) in [7, 11) is 0. The minimum Gasteiger partial charge on any atom is -0.508 e. The lowest BCUT2D eigenvalue weighted by Gasteiger charge is -2.12. The van der Waals surface area contributed by atoms with Gasteiger partial charge in [0.2, 0.25) is 0 Å². The van der Waals surface area contributed by atoms with Gasteiger partial charge >= 0.3 is 0 Å². The monoisotopic (exact) mass is 234 g/mol. The van der Waals surface area contributed by atoms with Crippen LogP contribution in [0.1, 0.15) is 50.7 Å². The lowest BCUT2D eigenvalue weighted by Crippen LogP contribution is -2.14. The van der Waals surface area contributed by atoms with E-state index in [1.807, 2.05) is 18.2 Å². The molecular formula is C14H22N2O. The highest BCUT2D eigenvalue weighted by Gasteiger charge is 2.08. The summed E-state index contributed by atoms with van der Waals surface area (Å²) in [5, 5.41) is 9.97. The Kier molecular flexibility index (Phi) is 5.04. The van der Waals surface area contributed by atoms with Crippen LogP contribution < -0.4 is 11.3 Å². The van der Waals surface area contributed by atoms with E-state index in [1.54, 1.807) is 6.20 Å². The average Bonchev–Trinajstić information content (AvgIpc) is 2.28. The molecule has 0 unspecified atom stereocenters. The molecule has 17 heavy (non-hydrogen) atoms. The van der Waals surface area contributed by atoms with Crippen molar-refractivity contribution < 1.29 is 5.11 Å². The van der Waals surface area contributed by atoms with Crippen molar-refractivity contribution in [3.63, 3.8) is 0 Å². The molecule has 0 fully saturated rings. The second-order valence-corrected chi connectivity index (χ2v) is 4.51. The zero-order valence-electron chi connectivity index (χ0n) is 10.8. The summed E-state index contributed by atoms with van der Waals surface area (Å²) in [4.78, 5) is 0. The van der Waals surface area contributed by atoms with Gasteiger partial charge in [-0.3, -0.25) is 5.84 Å². The molecule has 0 atom stereocenters. The number of aromatic hydroxyl groups is 1. The van der Waals surface area contributed by atoms with Crippen LogP contribution in [-0.2, 0) is 0 Å². The lowest BCUT2D eigenvalue weighted by molar-refractivity contribution is 0.464. The Bertz CT molecular complexity index is 397. The van der Waals surface area contributed by atoms with Crippen molar-refractivity contribution in [2.24, 2.45) is 5.84 Å². The van der Waals surface area contributed by atoms with Gasteiger partial charge in [0.25, 0.3) is 0 Å². The van der Waals surface area contributed by atoms with Crippen LogP contribution in [0.15, 0.2) is 24.4 Å².